The Kier molecular flexibility index (Phi) is 7.48. The maximum atomic E-state index is 13.5. The van der Waals surface area contributed by atoms with Gasteiger partial charge >= 0.3 is 0 Å². The third-order valence-corrected chi connectivity index (χ3v) is 6.18. The summed E-state index contributed by atoms with van der Waals surface area (Å²) >= 11 is 6.12. The minimum absolute atomic E-state index is 0.234. The van der Waals surface area contributed by atoms with E-state index in [9.17, 15) is 14.0 Å². The van der Waals surface area contributed by atoms with Crippen LogP contribution in [0, 0.1) is 12.7 Å². The van der Waals surface area contributed by atoms with Crippen molar-refractivity contribution in [1.29, 1.82) is 0 Å². The van der Waals surface area contributed by atoms with Gasteiger partial charge in [0, 0.05) is 42.3 Å². The summed E-state index contributed by atoms with van der Waals surface area (Å²) in [7, 11) is 0. The van der Waals surface area contributed by atoms with Crippen LogP contribution in [0.25, 0.3) is 0 Å². The van der Waals surface area contributed by atoms with Crippen molar-refractivity contribution in [1.82, 2.24) is 10.6 Å². The summed E-state index contributed by atoms with van der Waals surface area (Å²) in [5.41, 5.74) is 4.31. The van der Waals surface area contributed by atoms with Gasteiger partial charge in [-0.15, -0.1) is 0 Å². The van der Waals surface area contributed by atoms with E-state index in [1.165, 1.54) is 6.07 Å². The van der Waals surface area contributed by atoms with Crippen LogP contribution in [-0.4, -0.2) is 37.5 Å². The third-order valence-electron chi connectivity index (χ3n) is 5.95. The van der Waals surface area contributed by atoms with Crippen LogP contribution < -0.4 is 15.5 Å². The Morgan fingerprint density at radius 2 is 1.91 bits per heavy atom. The topological polar surface area (TPSA) is 61.4 Å². The average Bonchev–Trinajstić information content (AvgIpc) is 3.20. The Balaban J connectivity index is 1.41. The third kappa shape index (κ3) is 5.94. The summed E-state index contributed by atoms with van der Waals surface area (Å²) < 4.78 is 13.5. The Morgan fingerprint density at radius 1 is 1.09 bits per heavy atom. The van der Waals surface area contributed by atoms with Gasteiger partial charge in [-0.05, 0) is 66.9 Å². The standard InChI is InChI=1S/C27H27ClFN3O2/c1-18-4-2-6-21(14-18)26(33)31-24(16-19-5-3-7-22(28)15-19)27(34)30-11-13-32-12-10-20-17-23(29)8-9-25(20)32/h2-9,14-15,17,24H,10-13,16H2,1H3,(H,30,34)(H,31,33). The van der Waals surface area contributed by atoms with Gasteiger partial charge in [0.2, 0.25) is 5.91 Å². The number of benzene rings is 3. The second-order valence-corrected chi connectivity index (χ2v) is 8.97. The van der Waals surface area contributed by atoms with E-state index in [0.29, 0.717) is 30.1 Å². The molecule has 0 saturated heterocycles. The number of amides is 2. The quantitative estimate of drug-likeness (QED) is 0.506. The molecule has 176 valence electrons. The lowest BCUT2D eigenvalue weighted by atomic mass is 10.0. The lowest BCUT2D eigenvalue weighted by Gasteiger charge is -2.22. The van der Waals surface area contributed by atoms with Gasteiger partial charge < -0.3 is 15.5 Å². The first-order chi connectivity index (χ1) is 16.4. The van der Waals surface area contributed by atoms with Crippen molar-refractivity contribution in [3.8, 4) is 0 Å². The fourth-order valence-corrected chi connectivity index (χ4v) is 4.46. The Labute approximate surface area is 203 Å². The van der Waals surface area contributed by atoms with Crippen LogP contribution in [0.3, 0.4) is 0 Å². The van der Waals surface area contributed by atoms with Crippen LogP contribution in [0.2, 0.25) is 5.02 Å². The normalized spacial score (nSPS) is 13.3. The number of aryl methyl sites for hydroxylation is 1. The molecule has 0 fully saturated rings. The number of hydrogen-bond acceptors (Lipinski definition) is 3. The van der Waals surface area contributed by atoms with Crippen molar-refractivity contribution in [3.05, 3.63) is 99.8 Å². The van der Waals surface area contributed by atoms with Crippen molar-refractivity contribution >= 4 is 29.1 Å². The van der Waals surface area contributed by atoms with E-state index in [4.69, 9.17) is 11.6 Å². The Hall–Kier alpha value is -3.38. The first kappa shape index (κ1) is 23.8. The number of nitrogens with zero attached hydrogens (tertiary/aromatic N) is 1. The van der Waals surface area contributed by atoms with Gasteiger partial charge in [0.05, 0.1) is 0 Å². The van der Waals surface area contributed by atoms with Crippen molar-refractivity contribution in [3.63, 3.8) is 0 Å². The Morgan fingerprint density at radius 3 is 2.71 bits per heavy atom. The number of nitrogens with one attached hydrogen (secondary N) is 2. The molecular weight excluding hydrogens is 453 g/mol. The first-order valence-corrected chi connectivity index (χ1v) is 11.7. The molecule has 1 heterocycles. The predicted molar refractivity (Wildman–Crippen MR) is 133 cm³/mol. The first-order valence-electron chi connectivity index (χ1n) is 11.3. The van der Waals surface area contributed by atoms with E-state index < -0.39 is 6.04 Å². The molecule has 4 rings (SSSR count). The molecule has 1 aliphatic rings. The zero-order valence-electron chi connectivity index (χ0n) is 19.0. The van der Waals surface area contributed by atoms with Crippen LogP contribution in [0.5, 0.6) is 0 Å². The molecule has 0 bridgehead atoms. The molecule has 3 aromatic rings. The predicted octanol–water partition coefficient (Wildman–Crippen LogP) is 4.31. The number of fused-ring (bicyclic) bond motifs is 1. The average molecular weight is 480 g/mol. The molecule has 0 aromatic heterocycles. The maximum Gasteiger partial charge on any atom is 0.251 e. The molecule has 2 amide bonds. The fourth-order valence-electron chi connectivity index (χ4n) is 4.24. The largest absolute Gasteiger partial charge is 0.369 e. The van der Waals surface area contributed by atoms with Crippen molar-refractivity contribution in [2.45, 2.75) is 25.8 Å². The van der Waals surface area contributed by atoms with E-state index in [2.05, 4.69) is 15.5 Å². The highest BCUT2D eigenvalue weighted by Crippen LogP contribution is 2.27. The fraction of sp³-hybridized carbons (Fsp3) is 0.259. The molecule has 5 nitrogen and oxygen atoms in total. The number of halogens is 2. The van der Waals surface area contributed by atoms with Gasteiger partial charge in [0.1, 0.15) is 11.9 Å². The minimum Gasteiger partial charge on any atom is -0.369 e. The molecular formula is C27H27ClFN3O2. The van der Waals surface area contributed by atoms with Gasteiger partial charge in [-0.1, -0.05) is 41.4 Å². The number of carbonyl (C=O) groups is 2. The lowest BCUT2D eigenvalue weighted by Crippen LogP contribution is -2.49. The SMILES string of the molecule is Cc1cccc(C(=O)NC(Cc2cccc(Cl)c2)C(=O)NCCN2CCc3cc(F)ccc32)c1. The van der Waals surface area contributed by atoms with Crippen LogP contribution in [-0.2, 0) is 17.6 Å². The van der Waals surface area contributed by atoms with E-state index >= 15 is 0 Å². The van der Waals surface area contributed by atoms with E-state index in [0.717, 1.165) is 35.3 Å². The van der Waals surface area contributed by atoms with E-state index in [-0.39, 0.29) is 17.6 Å². The van der Waals surface area contributed by atoms with Crippen LogP contribution in [0.1, 0.15) is 27.0 Å². The van der Waals surface area contributed by atoms with Crippen molar-refractivity contribution < 1.29 is 14.0 Å². The molecule has 0 saturated carbocycles. The highest BCUT2D eigenvalue weighted by molar-refractivity contribution is 6.30. The maximum absolute atomic E-state index is 13.5. The molecule has 1 aliphatic heterocycles. The molecule has 34 heavy (non-hydrogen) atoms. The van der Waals surface area contributed by atoms with Crippen molar-refractivity contribution in [2.75, 3.05) is 24.5 Å². The number of carbonyl (C=O) groups excluding carboxylic acids is 2. The molecule has 1 unspecified atom stereocenters. The van der Waals surface area contributed by atoms with E-state index in [1.54, 1.807) is 36.4 Å². The zero-order chi connectivity index (χ0) is 24.1. The van der Waals surface area contributed by atoms with Gasteiger partial charge in [0.25, 0.3) is 5.91 Å². The summed E-state index contributed by atoms with van der Waals surface area (Å²) in [6, 6.07) is 18.6. The van der Waals surface area contributed by atoms with E-state index in [1.807, 2.05) is 31.2 Å². The van der Waals surface area contributed by atoms with Gasteiger partial charge in [0.15, 0.2) is 0 Å². The van der Waals surface area contributed by atoms with Gasteiger partial charge in [-0.25, -0.2) is 4.39 Å². The summed E-state index contributed by atoms with van der Waals surface area (Å²) in [5.74, 6) is -0.803. The smallest absolute Gasteiger partial charge is 0.251 e. The number of rotatable bonds is 8. The van der Waals surface area contributed by atoms with Crippen molar-refractivity contribution in [2.24, 2.45) is 0 Å². The summed E-state index contributed by atoms with van der Waals surface area (Å²) in [6.07, 6.45) is 1.10. The summed E-state index contributed by atoms with van der Waals surface area (Å²) in [5, 5.41) is 6.41. The molecule has 1 atom stereocenters. The minimum atomic E-state index is -0.758. The monoisotopic (exact) mass is 479 g/mol. The summed E-state index contributed by atoms with van der Waals surface area (Å²) in [6.45, 7) is 3.70. The van der Waals surface area contributed by atoms with Crippen LogP contribution in [0.4, 0.5) is 10.1 Å². The number of anilines is 1. The second kappa shape index (κ2) is 10.7. The zero-order valence-corrected chi connectivity index (χ0v) is 19.7. The van der Waals surface area contributed by atoms with Gasteiger partial charge in [-0.2, -0.15) is 0 Å². The molecule has 2 N–H and O–H groups in total. The Bertz CT molecular complexity index is 1200. The highest BCUT2D eigenvalue weighted by Gasteiger charge is 2.23. The molecule has 0 radical (unpaired) electrons. The molecule has 3 aromatic carbocycles. The number of hydrogen-bond donors (Lipinski definition) is 2. The van der Waals surface area contributed by atoms with Crippen LogP contribution in [0.15, 0.2) is 66.7 Å². The summed E-state index contributed by atoms with van der Waals surface area (Å²) in [4.78, 5) is 28.1. The second-order valence-electron chi connectivity index (χ2n) is 8.53. The molecule has 7 heteroatoms. The lowest BCUT2D eigenvalue weighted by molar-refractivity contribution is -0.122. The van der Waals surface area contributed by atoms with Crippen LogP contribution >= 0.6 is 11.6 Å². The highest BCUT2D eigenvalue weighted by atomic mass is 35.5. The molecule has 0 aliphatic carbocycles. The molecule has 0 spiro atoms. The van der Waals surface area contributed by atoms with Gasteiger partial charge in [-0.3, -0.25) is 9.59 Å².